The molecule has 0 aliphatic carbocycles. The second-order valence-corrected chi connectivity index (χ2v) is 4.98. The normalized spacial score (nSPS) is 10.5. The van der Waals surface area contributed by atoms with Gasteiger partial charge in [0.15, 0.2) is 0 Å². The zero-order chi connectivity index (χ0) is 16.5. The van der Waals surface area contributed by atoms with Crippen LogP contribution in [0.3, 0.4) is 0 Å². The molecule has 0 spiro atoms. The molecule has 0 saturated heterocycles. The molecular formula is C16H30O6. The van der Waals surface area contributed by atoms with Gasteiger partial charge in [-0.2, -0.15) is 0 Å². The molecule has 0 unspecified atom stereocenters. The van der Waals surface area contributed by atoms with Crippen molar-refractivity contribution in [2.24, 2.45) is 0 Å². The smallest absolute Gasteiger partial charge is 0.331 e. The van der Waals surface area contributed by atoms with Gasteiger partial charge in [0.1, 0.15) is 13.2 Å². The summed E-state index contributed by atoms with van der Waals surface area (Å²) in [5.41, 5.74) is 0. The Hall–Kier alpha value is -1.14. The van der Waals surface area contributed by atoms with Gasteiger partial charge in [-0.1, -0.05) is 39.0 Å². The fourth-order valence-corrected chi connectivity index (χ4v) is 1.77. The summed E-state index contributed by atoms with van der Waals surface area (Å²) in [6.45, 7) is 3.36. The van der Waals surface area contributed by atoms with Gasteiger partial charge < -0.3 is 18.9 Å². The molecule has 0 heterocycles. The molecule has 0 radical (unpaired) electrons. The molecule has 0 aliphatic heterocycles. The molecule has 130 valence electrons. The summed E-state index contributed by atoms with van der Waals surface area (Å²) in [5.74, 6) is -0.579. The number of methoxy groups -OCH3 is 1. The van der Waals surface area contributed by atoms with Crippen molar-refractivity contribution in [1.29, 1.82) is 0 Å². The molecule has 6 nitrogen and oxygen atoms in total. The summed E-state index contributed by atoms with van der Waals surface area (Å²) >= 11 is 0. The molecule has 0 fully saturated rings. The van der Waals surface area contributed by atoms with Crippen molar-refractivity contribution in [2.75, 3.05) is 40.1 Å². The second kappa shape index (κ2) is 16.2. The lowest BCUT2D eigenvalue weighted by Gasteiger charge is -2.06. The predicted octanol–water partition coefficient (Wildman–Crippen LogP) is 2.49. The first-order chi connectivity index (χ1) is 10.7. The van der Waals surface area contributed by atoms with E-state index in [2.05, 4.69) is 11.7 Å². The van der Waals surface area contributed by atoms with Crippen LogP contribution in [0.5, 0.6) is 0 Å². The van der Waals surface area contributed by atoms with Crippen molar-refractivity contribution in [2.45, 2.75) is 51.9 Å². The van der Waals surface area contributed by atoms with Crippen molar-refractivity contribution in [1.82, 2.24) is 0 Å². The molecule has 0 aromatic rings. The van der Waals surface area contributed by atoms with E-state index in [1.54, 1.807) is 0 Å². The highest BCUT2D eigenvalue weighted by atomic mass is 16.6. The van der Waals surface area contributed by atoms with E-state index in [9.17, 15) is 9.59 Å². The van der Waals surface area contributed by atoms with Crippen LogP contribution in [0.1, 0.15) is 51.9 Å². The predicted molar refractivity (Wildman–Crippen MR) is 82.6 cm³/mol. The Morgan fingerprint density at radius 3 is 2.14 bits per heavy atom. The van der Waals surface area contributed by atoms with Gasteiger partial charge in [-0.25, -0.2) is 4.79 Å². The summed E-state index contributed by atoms with van der Waals surface area (Å²) in [7, 11) is 1.31. The Morgan fingerprint density at radius 1 is 0.773 bits per heavy atom. The molecule has 0 N–H and O–H groups in total. The maximum atomic E-state index is 11.4. The summed E-state index contributed by atoms with van der Waals surface area (Å²) in [6.07, 6.45) is 7.40. The first-order valence-electron chi connectivity index (χ1n) is 8.08. The lowest BCUT2D eigenvalue weighted by Crippen LogP contribution is -2.15. The lowest BCUT2D eigenvalue weighted by molar-refractivity contribution is -0.148. The fourth-order valence-electron chi connectivity index (χ4n) is 1.77. The molecule has 0 aromatic carbocycles. The Balaban J connectivity index is 3.20. The van der Waals surface area contributed by atoms with Crippen LogP contribution < -0.4 is 0 Å². The largest absolute Gasteiger partial charge is 0.467 e. The number of unbranched alkanes of at least 4 members (excludes halogenated alkanes) is 5. The van der Waals surface area contributed by atoms with Gasteiger partial charge >= 0.3 is 11.9 Å². The van der Waals surface area contributed by atoms with Gasteiger partial charge in [-0.3, -0.25) is 4.79 Å². The van der Waals surface area contributed by atoms with E-state index >= 15 is 0 Å². The number of esters is 2. The average Bonchev–Trinajstić information content (AvgIpc) is 2.52. The summed E-state index contributed by atoms with van der Waals surface area (Å²) < 4.78 is 19.7. The number of carbonyl (C=O) groups excluding carboxylic acids is 2. The molecule has 6 heteroatoms. The molecule has 0 saturated carbocycles. The van der Waals surface area contributed by atoms with Crippen LogP contribution >= 0.6 is 0 Å². The minimum absolute atomic E-state index is 0.0763. The van der Waals surface area contributed by atoms with E-state index in [-0.39, 0.29) is 19.2 Å². The van der Waals surface area contributed by atoms with Crippen molar-refractivity contribution in [3.63, 3.8) is 0 Å². The fraction of sp³-hybridized carbons (Fsp3) is 0.875. The number of hydrogen-bond donors (Lipinski definition) is 0. The van der Waals surface area contributed by atoms with Gasteiger partial charge in [0.2, 0.25) is 0 Å². The van der Waals surface area contributed by atoms with E-state index in [0.717, 1.165) is 12.8 Å². The van der Waals surface area contributed by atoms with Crippen LogP contribution in [0.15, 0.2) is 0 Å². The molecular weight excluding hydrogens is 288 g/mol. The Morgan fingerprint density at radius 2 is 1.41 bits per heavy atom. The molecule has 0 bridgehead atoms. The first kappa shape index (κ1) is 20.9. The highest BCUT2D eigenvalue weighted by molar-refractivity contribution is 5.70. The summed E-state index contributed by atoms with van der Waals surface area (Å²) in [6, 6.07) is 0. The monoisotopic (exact) mass is 318 g/mol. The van der Waals surface area contributed by atoms with Crippen molar-refractivity contribution in [3.05, 3.63) is 0 Å². The summed E-state index contributed by atoms with van der Waals surface area (Å²) in [4.78, 5) is 22.2. The van der Waals surface area contributed by atoms with Crippen LogP contribution in [-0.4, -0.2) is 52.1 Å². The van der Waals surface area contributed by atoms with Gasteiger partial charge in [0, 0.05) is 6.42 Å². The Bertz CT molecular complexity index is 280. The molecule has 22 heavy (non-hydrogen) atoms. The van der Waals surface area contributed by atoms with E-state index in [0.29, 0.717) is 26.2 Å². The third-order valence-corrected chi connectivity index (χ3v) is 3.04. The number of ether oxygens (including phenoxy) is 4. The van der Waals surface area contributed by atoms with Gasteiger partial charge in [-0.15, -0.1) is 0 Å². The lowest BCUT2D eigenvalue weighted by atomic mass is 10.1. The zero-order valence-corrected chi connectivity index (χ0v) is 13.9. The quantitative estimate of drug-likeness (QED) is 0.341. The molecule has 0 amide bonds. The highest BCUT2D eigenvalue weighted by Gasteiger charge is 2.03. The van der Waals surface area contributed by atoms with Crippen molar-refractivity contribution < 1.29 is 28.5 Å². The third kappa shape index (κ3) is 15.3. The number of hydrogen-bond acceptors (Lipinski definition) is 6. The van der Waals surface area contributed by atoms with Crippen LogP contribution in [0.25, 0.3) is 0 Å². The van der Waals surface area contributed by atoms with E-state index < -0.39 is 5.97 Å². The van der Waals surface area contributed by atoms with E-state index in [4.69, 9.17) is 14.2 Å². The Kier molecular flexibility index (Phi) is 15.4. The second-order valence-electron chi connectivity index (χ2n) is 4.98. The van der Waals surface area contributed by atoms with Gasteiger partial charge in [0.05, 0.1) is 26.9 Å². The minimum atomic E-state index is -0.413. The van der Waals surface area contributed by atoms with E-state index in [1.807, 2.05) is 0 Å². The number of rotatable bonds is 15. The Labute approximate surface area is 133 Å². The molecule has 0 aromatic heterocycles. The SMILES string of the molecule is CCCCCCCCC(=O)OCCOCCOCC(=O)OC. The van der Waals surface area contributed by atoms with E-state index in [1.165, 1.54) is 32.8 Å². The maximum absolute atomic E-state index is 11.4. The van der Waals surface area contributed by atoms with Crippen LogP contribution in [0.4, 0.5) is 0 Å². The van der Waals surface area contributed by atoms with Gasteiger partial charge in [-0.05, 0) is 6.42 Å². The zero-order valence-electron chi connectivity index (χ0n) is 13.9. The van der Waals surface area contributed by atoms with Crippen molar-refractivity contribution >= 4 is 11.9 Å². The maximum Gasteiger partial charge on any atom is 0.331 e. The standard InChI is InChI=1S/C16H30O6/c1-3-4-5-6-7-8-9-15(17)22-13-12-20-10-11-21-14-16(18)19-2/h3-14H2,1-2H3. The van der Waals surface area contributed by atoms with Crippen LogP contribution in [-0.2, 0) is 28.5 Å². The topological polar surface area (TPSA) is 71.1 Å². The molecule has 0 rings (SSSR count). The average molecular weight is 318 g/mol. The molecule has 0 aliphatic rings. The highest BCUT2D eigenvalue weighted by Crippen LogP contribution is 2.07. The van der Waals surface area contributed by atoms with Crippen LogP contribution in [0, 0.1) is 0 Å². The first-order valence-corrected chi connectivity index (χ1v) is 8.08. The minimum Gasteiger partial charge on any atom is -0.467 e. The van der Waals surface area contributed by atoms with Gasteiger partial charge in [0.25, 0.3) is 0 Å². The number of carbonyl (C=O) groups is 2. The molecule has 0 atom stereocenters. The third-order valence-electron chi connectivity index (χ3n) is 3.04. The summed E-state index contributed by atoms with van der Waals surface area (Å²) in [5, 5.41) is 0. The van der Waals surface area contributed by atoms with Crippen LogP contribution in [0.2, 0.25) is 0 Å². The van der Waals surface area contributed by atoms with Crippen molar-refractivity contribution in [3.8, 4) is 0 Å².